The van der Waals surface area contributed by atoms with Crippen molar-refractivity contribution < 1.29 is 14.6 Å². The van der Waals surface area contributed by atoms with Gasteiger partial charge in [-0.25, -0.2) is 4.79 Å². The van der Waals surface area contributed by atoms with Crippen molar-refractivity contribution in [2.45, 2.75) is 6.61 Å². The number of hydrogen-bond donors (Lipinski definition) is 2. The first-order valence-corrected chi connectivity index (χ1v) is 6.65. The highest BCUT2D eigenvalue weighted by atomic mass is 16.5. The highest BCUT2D eigenvalue weighted by molar-refractivity contribution is 6.09. The molecule has 2 rings (SSSR count). The summed E-state index contributed by atoms with van der Waals surface area (Å²) >= 11 is 0. The Balaban J connectivity index is 2.11. The van der Waals surface area contributed by atoms with Gasteiger partial charge in [0.25, 0.3) is 0 Å². The number of para-hydroxylation sites is 1. The van der Waals surface area contributed by atoms with Gasteiger partial charge in [-0.1, -0.05) is 48.5 Å². The number of aliphatic carboxylic acids is 1. The van der Waals surface area contributed by atoms with E-state index in [2.05, 4.69) is 4.99 Å². The van der Waals surface area contributed by atoms with Gasteiger partial charge >= 0.3 is 5.97 Å². The average Bonchev–Trinajstić information content (AvgIpc) is 2.55. The first-order chi connectivity index (χ1) is 10.7. The molecule has 0 unspecified atom stereocenters. The molecule has 0 radical (unpaired) electrons. The summed E-state index contributed by atoms with van der Waals surface area (Å²) in [6.45, 7) is 0.197. The highest BCUT2D eigenvalue weighted by Crippen LogP contribution is 2.11. The lowest BCUT2D eigenvalue weighted by molar-refractivity contribution is -0.132. The quantitative estimate of drug-likeness (QED) is 0.487. The number of rotatable bonds is 6. The van der Waals surface area contributed by atoms with Crippen LogP contribution in [0.2, 0.25) is 0 Å². The van der Waals surface area contributed by atoms with E-state index in [4.69, 9.17) is 10.5 Å². The van der Waals surface area contributed by atoms with E-state index < -0.39 is 5.97 Å². The number of carbonyl (C=O) groups is 1. The zero-order chi connectivity index (χ0) is 15.8. The number of nitrogens with zero attached hydrogens (tertiary/aromatic N) is 1. The molecule has 0 spiro atoms. The molecule has 112 valence electrons. The van der Waals surface area contributed by atoms with Crippen molar-refractivity contribution in [1.29, 1.82) is 0 Å². The predicted octanol–water partition coefficient (Wildman–Crippen LogP) is 2.86. The van der Waals surface area contributed by atoms with Crippen LogP contribution < -0.4 is 5.73 Å². The van der Waals surface area contributed by atoms with Crippen LogP contribution in [-0.2, 0) is 16.1 Å². The van der Waals surface area contributed by atoms with Crippen molar-refractivity contribution in [2.75, 3.05) is 0 Å². The van der Waals surface area contributed by atoms with Crippen LogP contribution >= 0.6 is 0 Å². The van der Waals surface area contributed by atoms with Gasteiger partial charge < -0.3 is 15.6 Å². The summed E-state index contributed by atoms with van der Waals surface area (Å²) in [4.78, 5) is 15.3. The molecule has 0 bridgehead atoms. The Labute approximate surface area is 128 Å². The molecule has 0 fully saturated rings. The van der Waals surface area contributed by atoms with Gasteiger partial charge in [0.05, 0.1) is 5.69 Å². The van der Waals surface area contributed by atoms with Crippen LogP contribution in [0.3, 0.4) is 0 Å². The molecule has 0 amide bonds. The van der Waals surface area contributed by atoms with Gasteiger partial charge in [0, 0.05) is 6.21 Å². The van der Waals surface area contributed by atoms with Gasteiger partial charge in [-0.15, -0.1) is 0 Å². The average molecular weight is 296 g/mol. The van der Waals surface area contributed by atoms with Crippen molar-refractivity contribution in [3.8, 4) is 0 Å². The minimum atomic E-state index is -1.19. The second-order valence-corrected chi connectivity index (χ2v) is 4.45. The number of nitrogens with two attached hydrogens (primary N) is 1. The summed E-state index contributed by atoms with van der Waals surface area (Å²) in [7, 11) is 0. The molecule has 0 saturated heterocycles. The normalized spacial score (nSPS) is 12.0. The van der Waals surface area contributed by atoms with Gasteiger partial charge in [-0.2, -0.15) is 0 Å². The Hall–Kier alpha value is -3.08. The number of aliphatic imine (C=N–C) groups is 1. The summed E-state index contributed by atoms with van der Waals surface area (Å²) in [5, 5.41) is 9.21. The van der Waals surface area contributed by atoms with E-state index in [9.17, 15) is 9.90 Å². The molecule has 0 aliphatic rings. The molecule has 0 heterocycles. The zero-order valence-corrected chi connectivity index (χ0v) is 11.8. The topological polar surface area (TPSA) is 84.9 Å². The van der Waals surface area contributed by atoms with Crippen molar-refractivity contribution in [1.82, 2.24) is 0 Å². The highest BCUT2D eigenvalue weighted by Gasteiger charge is 2.11. The van der Waals surface area contributed by atoms with Gasteiger partial charge in [0.15, 0.2) is 0 Å². The summed E-state index contributed by atoms with van der Waals surface area (Å²) in [5.74, 6) is -1.36. The molecule has 5 nitrogen and oxygen atoms in total. The summed E-state index contributed by atoms with van der Waals surface area (Å²) in [6.07, 6.45) is 1.19. The number of benzene rings is 2. The molecule has 0 atom stereocenters. The van der Waals surface area contributed by atoms with E-state index in [0.29, 0.717) is 5.69 Å². The Kier molecular flexibility index (Phi) is 5.31. The molecule has 3 N–H and O–H groups in total. The number of hydrogen-bond acceptors (Lipinski definition) is 4. The smallest absolute Gasteiger partial charge is 0.342 e. The van der Waals surface area contributed by atoms with Crippen LogP contribution in [-0.4, -0.2) is 17.3 Å². The van der Waals surface area contributed by atoms with Gasteiger partial charge in [-0.05, 0) is 17.7 Å². The first kappa shape index (κ1) is 15.3. The standard InChI is InChI=1S/C17H16N2O3/c18-16(22-12-13-7-3-1-4-8-13)15(17(20)21)11-19-14-9-5-2-6-10-14/h1-11H,12,18H2,(H,20,21). The summed E-state index contributed by atoms with van der Waals surface area (Å²) in [5.41, 5.74) is 7.07. The van der Waals surface area contributed by atoms with E-state index in [-0.39, 0.29) is 18.1 Å². The Bertz CT molecular complexity index is 680. The second-order valence-electron chi connectivity index (χ2n) is 4.45. The molecular formula is C17H16N2O3. The third-order valence-corrected chi connectivity index (χ3v) is 2.83. The fourth-order valence-corrected chi connectivity index (χ4v) is 1.69. The lowest BCUT2D eigenvalue weighted by Gasteiger charge is -2.07. The van der Waals surface area contributed by atoms with Crippen molar-refractivity contribution in [3.05, 3.63) is 77.7 Å². The third kappa shape index (κ3) is 4.49. The maximum Gasteiger partial charge on any atom is 0.342 e. The van der Waals surface area contributed by atoms with Crippen LogP contribution in [0.15, 0.2) is 77.1 Å². The SMILES string of the molecule is NC(OCc1ccccc1)=C(C=Nc1ccccc1)C(=O)O. The minimum Gasteiger partial charge on any atom is -0.477 e. The van der Waals surface area contributed by atoms with Crippen molar-refractivity contribution in [2.24, 2.45) is 10.7 Å². The zero-order valence-electron chi connectivity index (χ0n) is 11.8. The predicted molar refractivity (Wildman–Crippen MR) is 84.7 cm³/mol. The summed E-state index contributed by atoms with van der Waals surface area (Å²) < 4.78 is 5.33. The second kappa shape index (κ2) is 7.64. The molecule has 0 saturated carbocycles. The number of carboxylic acid groups (broad SMARTS) is 1. The fraction of sp³-hybridized carbons (Fsp3) is 0.0588. The third-order valence-electron chi connectivity index (χ3n) is 2.83. The van der Waals surface area contributed by atoms with E-state index in [0.717, 1.165) is 5.56 Å². The molecule has 2 aromatic rings. The van der Waals surface area contributed by atoms with Crippen LogP contribution in [0, 0.1) is 0 Å². The number of ether oxygens (including phenoxy) is 1. The lowest BCUT2D eigenvalue weighted by Crippen LogP contribution is -2.14. The van der Waals surface area contributed by atoms with Crippen LogP contribution in [0.25, 0.3) is 0 Å². The molecule has 0 aromatic heterocycles. The fourth-order valence-electron chi connectivity index (χ4n) is 1.69. The molecule has 2 aromatic carbocycles. The molecular weight excluding hydrogens is 280 g/mol. The Morgan fingerprint density at radius 3 is 2.27 bits per heavy atom. The Morgan fingerprint density at radius 2 is 1.68 bits per heavy atom. The minimum absolute atomic E-state index is 0.170. The van der Waals surface area contributed by atoms with Crippen molar-refractivity contribution >= 4 is 17.9 Å². The maximum atomic E-state index is 11.3. The molecule has 0 aliphatic carbocycles. The van der Waals surface area contributed by atoms with Crippen LogP contribution in [0.1, 0.15) is 5.56 Å². The molecule has 0 aliphatic heterocycles. The van der Waals surface area contributed by atoms with E-state index >= 15 is 0 Å². The largest absolute Gasteiger partial charge is 0.477 e. The Morgan fingerprint density at radius 1 is 1.09 bits per heavy atom. The van der Waals surface area contributed by atoms with E-state index in [1.165, 1.54) is 6.21 Å². The van der Waals surface area contributed by atoms with Crippen molar-refractivity contribution in [3.63, 3.8) is 0 Å². The van der Waals surface area contributed by atoms with Crippen LogP contribution in [0.4, 0.5) is 5.69 Å². The summed E-state index contributed by atoms with van der Waals surface area (Å²) in [6, 6.07) is 18.4. The van der Waals surface area contributed by atoms with Gasteiger partial charge in [0.1, 0.15) is 12.2 Å². The first-order valence-electron chi connectivity index (χ1n) is 6.65. The maximum absolute atomic E-state index is 11.3. The van der Waals surface area contributed by atoms with Crippen LogP contribution in [0.5, 0.6) is 0 Å². The van der Waals surface area contributed by atoms with Gasteiger partial charge in [0.2, 0.25) is 5.88 Å². The van der Waals surface area contributed by atoms with E-state index in [1.807, 2.05) is 48.5 Å². The molecule has 5 heteroatoms. The lowest BCUT2D eigenvalue weighted by atomic mass is 10.2. The molecule has 22 heavy (non-hydrogen) atoms. The number of carboxylic acids is 1. The monoisotopic (exact) mass is 296 g/mol. The van der Waals surface area contributed by atoms with E-state index in [1.54, 1.807) is 12.1 Å². The van der Waals surface area contributed by atoms with Gasteiger partial charge in [-0.3, -0.25) is 4.99 Å².